The number of aromatic nitrogens is 1. The number of carbonyl (C=O) groups is 1. The van der Waals surface area contributed by atoms with Crippen LogP contribution in [0.2, 0.25) is 0 Å². The first-order valence-electron chi connectivity index (χ1n) is 10.8. The maximum absolute atomic E-state index is 13.2. The van der Waals surface area contributed by atoms with Gasteiger partial charge >= 0.3 is 6.18 Å². The van der Waals surface area contributed by atoms with Crippen molar-refractivity contribution >= 4 is 5.91 Å². The van der Waals surface area contributed by atoms with Crippen LogP contribution >= 0.6 is 0 Å². The molecule has 1 amide bonds. The average Bonchev–Trinajstić information content (AvgIpc) is 3.23. The van der Waals surface area contributed by atoms with Crippen molar-refractivity contribution in [3.8, 4) is 0 Å². The Hall–Kier alpha value is -3.13. The van der Waals surface area contributed by atoms with E-state index in [0.29, 0.717) is 18.0 Å². The molecule has 33 heavy (non-hydrogen) atoms. The molecule has 0 saturated carbocycles. The van der Waals surface area contributed by atoms with Crippen molar-refractivity contribution in [2.45, 2.75) is 59.0 Å². The van der Waals surface area contributed by atoms with E-state index in [1.807, 2.05) is 49.9 Å². The molecule has 1 heterocycles. The predicted octanol–water partition coefficient (Wildman–Crippen LogP) is 5.73. The summed E-state index contributed by atoms with van der Waals surface area (Å²) in [7, 11) is 0. The number of benzene rings is 2. The summed E-state index contributed by atoms with van der Waals surface area (Å²) in [5.74, 6) is 0.00699. The summed E-state index contributed by atoms with van der Waals surface area (Å²) in [6, 6.07) is 13.1. The van der Waals surface area contributed by atoms with Gasteiger partial charge in [0, 0.05) is 19.1 Å². The Morgan fingerprint density at radius 1 is 1.12 bits per heavy atom. The maximum Gasteiger partial charge on any atom is 0.416 e. The number of nitrogens with zero attached hydrogens (tertiary/aromatic N) is 2. The fourth-order valence-corrected chi connectivity index (χ4v) is 3.38. The molecule has 0 unspecified atom stereocenters. The Labute approximate surface area is 191 Å². The fraction of sp³-hybridized carbons (Fsp3) is 0.360. The molecule has 1 aromatic heterocycles. The van der Waals surface area contributed by atoms with Gasteiger partial charge in [0.15, 0.2) is 5.69 Å². The zero-order valence-corrected chi connectivity index (χ0v) is 18.9. The molecule has 1 N–H and O–H groups in total. The summed E-state index contributed by atoms with van der Waals surface area (Å²) < 4.78 is 45.0. The van der Waals surface area contributed by atoms with Crippen LogP contribution in [0, 0.1) is 6.92 Å². The van der Waals surface area contributed by atoms with E-state index in [1.54, 1.807) is 6.07 Å². The minimum Gasteiger partial charge on any atom is -0.447 e. The van der Waals surface area contributed by atoms with E-state index in [9.17, 15) is 18.0 Å². The first-order chi connectivity index (χ1) is 15.7. The molecule has 0 aliphatic heterocycles. The van der Waals surface area contributed by atoms with E-state index >= 15 is 0 Å². The Kier molecular flexibility index (Phi) is 7.92. The Morgan fingerprint density at radius 3 is 2.58 bits per heavy atom. The molecular weight excluding hydrogens is 431 g/mol. The molecule has 0 radical (unpaired) electrons. The lowest BCUT2D eigenvalue weighted by molar-refractivity contribution is -0.137. The van der Waals surface area contributed by atoms with Crippen molar-refractivity contribution in [2.75, 3.05) is 0 Å². The Balaban J connectivity index is 1.81. The van der Waals surface area contributed by atoms with Gasteiger partial charge in [0.25, 0.3) is 5.91 Å². The first-order valence-corrected chi connectivity index (χ1v) is 10.8. The van der Waals surface area contributed by atoms with Gasteiger partial charge in [0.1, 0.15) is 6.26 Å². The molecule has 5 nitrogen and oxygen atoms in total. The van der Waals surface area contributed by atoms with Crippen molar-refractivity contribution in [3.63, 3.8) is 0 Å². The standard InChI is InChI=1S/C25H28F3N3O2/c1-4-18(3)29-24(32)22-16-33-23(30-22)15-31(14-20-10-6-5-8-17(20)2)13-19-9-7-11-21(12-19)25(26,27)28/h5-12,16,18H,4,13-15H2,1-3H3,(H,29,32)/t18-/m1/s1. The van der Waals surface area contributed by atoms with Gasteiger partial charge in [-0.25, -0.2) is 4.98 Å². The normalized spacial score (nSPS) is 12.7. The number of aryl methyl sites for hydroxylation is 1. The molecule has 0 fully saturated rings. The summed E-state index contributed by atoms with van der Waals surface area (Å²) in [5, 5.41) is 2.84. The molecule has 0 spiro atoms. The second-order valence-corrected chi connectivity index (χ2v) is 8.18. The van der Waals surface area contributed by atoms with Crippen molar-refractivity contribution in [3.05, 3.63) is 88.6 Å². The third kappa shape index (κ3) is 6.92. The highest BCUT2D eigenvalue weighted by molar-refractivity contribution is 5.92. The van der Waals surface area contributed by atoms with E-state index in [1.165, 1.54) is 12.3 Å². The summed E-state index contributed by atoms with van der Waals surface area (Å²) in [6.45, 7) is 6.84. The highest BCUT2D eigenvalue weighted by Crippen LogP contribution is 2.30. The molecule has 8 heteroatoms. The van der Waals surface area contributed by atoms with Gasteiger partial charge < -0.3 is 9.73 Å². The fourth-order valence-electron chi connectivity index (χ4n) is 3.38. The van der Waals surface area contributed by atoms with Crippen LogP contribution in [0.4, 0.5) is 13.2 Å². The van der Waals surface area contributed by atoms with E-state index < -0.39 is 11.7 Å². The SMILES string of the molecule is CC[C@@H](C)NC(=O)c1coc(CN(Cc2cccc(C(F)(F)F)c2)Cc2ccccc2C)n1. The van der Waals surface area contributed by atoms with E-state index in [0.717, 1.165) is 29.7 Å². The summed E-state index contributed by atoms with van der Waals surface area (Å²) in [5.41, 5.74) is 2.15. The third-order valence-corrected chi connectivity index (χ3v) is 5.45. The van der Waals surface area contributed by atoms with E-state index in [4.69, 9.17) is 4.42 Å². The molecule has 0 saturated heterocycles. The summed E-state index contributed by atoms with van der Waals surface area (Å²) in [4.78, 5) is 18.6. The Morgan fingerprint density at radius 2 is 1.88 bits per heavy atom. The molecular formula is C25H28F3N3O2. The maximum atomic E-state index is 13.2. The van der Waals surface area contributed by atoms with Gasteiger partial charge in [-0.3, -0.25) is 9.69 Å². The number of nitrogens with one attached hydrogen (secondary N) is 1. The van der Waals surface area contributed by atoms with Gasteiger partial charge in [0.2, 0.25) is 5.89 Å². The van der Waals surface area contributed by atoms with Crippen molar-refractivity contribution in [1.82, 2.24) is 15.2 Å². The number of halogens is 3. The van der Waals surface area contributed by atoms with Gasteiger partial charge in [-0.15, -0.1) is 0 Å². The number of amides is 1. The van der Waals surface area contributed by atoms with Gasteiger partial charge in [-0.2, -0.15) is 13.2 Å². The lowest BCUT2D eigenvalue weighted by atomic mass is 10.1. The van der Waals surface area contributed by atoms with E-state index in [2.05, 4.69) is 10.3 Å². The number of hydrogen-bond donors (Lipinski definition) is 1. The van der Waals surface area contributed by atoms with Gasteiger partial charge in [-0.05, 0) is 43.0 Å². The predicted molar refractivity (Wildman–Crippen MR) is 119 cm³/mol. The average molecular weight is 460 g/mol. The van der Waals surface area contributed by atoms with Crippen LogP contribution in [0.3, 0.4) is 0 Å². The van der Waals surface area contributed by atoms with Crippen LogP contribution in [-0.2, 0) is 25.8 Å². The largest absolute Gasteiger partial charge is 0.447 e. The molecule has 3 rings (SSSR count). The first kappa shape index (κ1) is 24.5. The topological polar surface area (TPSA) is 58.4 Å². The highest BCUT2D eigenvalue weighted by atomic mass is 19.4. The van der Waals surface area contributed by atoms with Gasteiger partial charge in [0.05, 0.1) is 12.1 Å². The second kappa shape index (κ2) is 10.7. The lowest BCUT2D eigenvalue weighted by Crippen LogP contribution is -2.32. The Bertz CT molecular complexity index is 1080. The minimum atomic E-state index is -4.41. The van der Waals surface area contributed by atoms with Crippen LogP contribution < -0.4 is 5.32 Å². The van der Waals surface area contributed by atoms with Crippen LogP contribution in [0.1, 0.15) is 58.9 Å². The van der Waals surface area contributed by atoms with Crippen LogP contribution in [0.15, 0.2) is 59.2 Å². The zero-order chi connectivity index (χ0) is 24.0. The van der Waals surface area contributed by atoms with Crippen LogP contribution in [0.25, 0.3) is 0 Å². The number of carbonyl (C=O) groups excluding carboxylic acids is 1. The zero-order valence-electron chi connectivity index (χ0n) is 18.9. The molecule has 3 aromatic rings. The molecule has 1 atom stereocenters. The van der Waals surface area contributed by atoms with Crippen LogP contribution in [-0.4, -0.2) is 21.8 Å². The monoisotopic (exact) mass is 459 g/mol. The van der Waals surface area contributed by atoms with Crippen molar-refractivity contribution in [2.24, 2.45) is 0 Å². The van der Waals surface area contributed by atoms with Crippen molar-refractivity contribution < 1.29 is 22.4 Å². The number of oxazole rings is 1. The molecule has 0 bridgehead atoms. The van der Waals surface area contributed by atoms with Gasteiger partial charge in [-0.1, -0.05) is 49.4 Å². The van der Waals surface area contributed by atoms with E-state index in [-0.39, 0.29) is 30.7 Å². The molecule has 0 aliphatic rings. The molecule has 0 aliphatic carbocycles. The number of alkyl halides is 3. The van der Waals surface area contributed by atoms with Crippen molar-refractivity contribution in [1.29, 1.82) is 0 Å². The summed E-state index contributed by atoms with van der Waals surface area (Å²) >= 11 is 0. The molecule has 2 aromatic carbocycles. The number of rotatable bonds is 9. The second-order valence-electron chi connectivity index (χ2n) is 8.18. The summed E-state index contributed by atoms with van der Waals surface area (Å²) in [6.07, 6.45) is -2.31. The van der Waals surface area contributed by atoms with Crippen LogP contribution in [0.5, 0.6) is 0 Å². The number of hydrogen-bond acceptors (Lipinski definition) is 4. The third-order valence-electron chi connectivity index (χ3n) is 5.45. The molecule has 176 valence electrons. The smallest absolute Gasteiger partial charge is 0.416 e. The lowest BCUT2D eigenvalue weighted by Gasteiger charge is -2.22. The minimum absolute atomic E-state index is 0.0103. The quantitative estimate of drug-likeness (QED) is 0.444. The highest BCUT2D eigenvalue weighted by Gasteiger charge is 2.30.